The number of hydrogen-bond donors (Lipinski definition) is 1. The third-order valence-corrected chi connectivity index (χ3v) is 3.86. The summed E-state index contributed by atoms with van der Waals surface area (Å²) in [4.78, 5) is 4.29. The zero-order valence-corrected chi connectivity index (χ0v) is 13.6. The topological polar surface area (TPSA) is 24.9 Å². The van der Waals surface area contributed by atoms with Gasteiger partial charge in [-0.2, -0.15) is 0 Å². The molecule has 2 aromatic rings. The smallest absolute Gasteiger partial charge is 0.142 e. The number of aromatic nitrogens is 1. The Labute approximate surface area is 138 Å². The van der Waals surface area contributed by atoms with Gasteiger partial charge in [-0.1, -0.05) is 47.8 Å². The number of pyridine rings is 1. The first-order valence-corrected chi connectivity index (χ1v) is 7.63. The molecule has 1 heterocycles. The molecule has 0 saturated carbocycles. The second-order valence-electron chi connectivity index (χ2n) is 4.58. The summed E-state index contributed by atoms with van der Waals surface area (Å²) in [6, 6.07) is 6.29. The number of nitrogens with one attached hydrogen (secondary N) is 1. The van der Waals surface area contributed by atoms with Crippen LogP contribution in [0.5, 0.6) is 0 Å². The predicted octanol–water partition coefficient (Wildman–Crippen LogP) is 5.07. The van der Waals surface area contributed by atoms with Crippen LogP contribution in [0, 0.1) is 5.82 Å². The molecule has 0 spiro atoms. The molecule has 0 bridgehead atoms. The van der Waals surface area contributed by atoms with E-state index in [2.05, 4.69) is 10.3 Å². The van der Waals surface area contributed by atoms with Crippen LogP contribution in [0.25, 0.3) is 0 Å². The summed E-state index contributed by atoms with van der Waals surface area (Å²) in [7, 11) is 0. The zero-order chi connectivity index (χ0) is 15.4. The van der Waals surface area contributed by atoms with Crippen molar-refractivity contribution in [2.24, 2.45) is 0 Å². The first-order chi connectivity index (χ1) is 10.0. The summed E-state index contributed by atoms with van der Waals surface area (Å²) >= 11 is 17.8. The highest BCUT2D eigenvalue weighted by Gasteiger charge is 2.17. The maximum atomic E-state index is 13.5. The van der Waals surface area contributed by atoms with Crippen molar-refractivity contribution < 1.29 is 4.39 Å². The first kappa shape index (κ1) is 16.5. The second kappa shape index (κ2) is 7.41. The largest absolute Gasteiger partial charge is 0.309 e. The van der Waals surface area contributed by atoms with Gasteiger partial charge < -0.3 is 5.32 Å². The van der Waals surface area contributed by atoms with E-state index in [1.165, 1.54) is 6.07 Å². The Hall–Kier alpha value is -0.870. The standard InChI is InChI=1S/C15H14Cl3FN2/c1-2-20-14(15-12(18)7-10(16)8-21-15)6-9-3-4-11(17)13(19)5-9/h3-5,7-8,14,20H,2,6H2,1H3. The molecule has 2 nitrogen and oxygen atoms in total. The molecule has 0 aliphatic heterocycles. The number of likely N-dealkylation sites (N-methyl/N-ethyl adjacent to an activating group) is 1. The minimum Gasteiger partial charge on any atom is -0.309 e. The molecular weight excluding hydrogens is 334 g/mol. The van der Waals surface area contributed by atoms with Crippen LogP contribution in [-0.2, 0) is 6.42 Å². The lowest BCUT2D eigenvalue weighted by molar-refractivity contribution is 0.534. The Morgan fingerprint density at radius 1 is 1.19 bits per heavy atom. The minimum absolute atomic E-state index is 0.112. The van der Waals surface area contributed by atoms with Crippen LogP contribution in [0.15, 0.2) is 30.5 Å². The van der Waals surface area contributed by atoms with Crippen LogP contribution in [-0.4, -0.2) is 11.5 Å². The molecule has 0 amide bonds. The van der Waals surface area contributed by atoms with Gasteiger partial charge in [-0.25, -0.2) is 4.39 Å². The van der Waals surface area contributed by atoms with Crippen LogP contribution < -0.4 is 5.32 Å². The molecule has 21 heavy (non-hydrogen) atoms. The quantitative estimate of drug-likeness (QED) is 0.816. The molecule has 1 unspecified atom stereocenters. The third-order valence-electron chi connectivity index (χ3n) is 3.04. The van der Waals surface area contributed by atoms with E-state index < -0.39 is 5.82 Å². The molecule has 1 N–H and O–H groups in total. The first-order valence-electron chi connectivity index (χ1n) is 6.49. The van der Waals surface area contributed by atoms with Crippen molar-refractivity contribution in [3.63, 3.8) is 0 Å². The van der Waals surface area contributed by atoms with Crippen LogP contribution >= 0.6 is 34.8 Å². The molecular formula is C15H14Cl3FN2. The highest BCUT2D eigenvalue weighted by Crippen LogP contribution is 2.27. The van der Waals surface area contributed by atoms with Gasteiger partial charge in [0.1, 0.15) is 5.82 Å². The maximum Gasteiger partial charge on any atom is 0.142 e. The van der Waals surface area contributed by atoms with Gasteiger partial charge in [-0.15, -0.1) is 0 Å². The lowest BCUT2D eigenvalue weighted by atomic mass is 10.0. The van der Waals surface area contributed by atoms with Crippen molar-refractivity contribution in [2.75, 3.05) is 6.54 Å². The summed E-state index contributed by atoms with van der Waals surface area (Å²) in [6.45, 7) is 2.72. The predicted molar refractivity (Wildman–Crippen MR) is 85.8 cm³/mol. The Morgan fingerprint density at radius 3 is 2.57 bits per heavy atom. The summed E-state index contributed by atoms with van der Waals surface area (Å²) < 4.78 is 13.5. The molecule has 1 aromatic carbocycles. The van der Waals surface area contributed by atoms with Crippen LogP contribution in [0.4, 0.5) is 4.39 Å². The molecule has 1 aromatic heterocycles. The van der Waals surface area contributed by atoms with E-state index in [9.17, 15) is 4.39 Å². The van der Waals surface area contributed by atoms with Gasteiger partial charge in [0.15, 0.2) is 0 Å². The average molecular weight is 348 g/mol. The molecule has 0 saturated heterocycles. The van der Waals surface area contributed by atoms with Gasteiger partial charge in [0.2, 0.25) is 0 Å². The average Bonchev–Trinajstić information content (AvgIpc) is 2.42. The molecule has 0 fully saturated rings. The van der Waals surface area contributed by atoms with Gasteiger partial charge in [0.05, 0.1) is 26.8 Å². The van der Waals surface area contributed by atoms with Gasteiger partial charge >= 0.3 is 0 Å². The van der Waals surface area contributed by atoms with Crippen molar-refractivity contribution in [1.29, 1.82) is 0 Å². The van der Waals surface area contributed by atoms with Gasteiger partial charge in [0, 0.05) is 6.20 Å². The zero-order valence-electron chi connectivity index (χ0n) is 11.3. The van der Waals surface area contributed by atoms with Crippen LogP contribution in [0.2, 0.25) is 15.1 Å². The molecule has 0 aliphatic carbocycles. The van der Waals surface area contributed by atoms with E-state index in [0.717, 1.165) is 12.1 Å². The van der Waals surface area contributed by atoms with Crippen LogP contribution in [0.1, 0.15) is 24.2 Å². The van der Waals surface area contributed by atoms with Gasteiger partial charge in [-0.3, -0.25) is 4.98 Å². The van der Waals surface area contributed by atoms with Crippen LogP contribution in [0.3, 0.4) is 0 Å². The Morgan fingerprint density at radius 2 is 1.95 bits per heavy atom. The van der Waals surface area contributed by atoms with E-state index >= 15 is 0 Å². The molecule has 112 valence electrons. The molecule has 2 rings (SSSR count). The fourth-order valence-corrected chi connectivity index (χ4v) is 2.73. The summed E-state index contributed by atoms with van der Waals surface area (Å²) in [5, 5.41) is 4.38. The van der Waals surface area contributed by atoms with Gasteiger partial charge in [0.25, 0.3) is 0 Å². The Balaban J connectivity index is 2.28. The number of nitrogens with zero attached hydrogens (tertiary/aromatic N) is 1. The molecule has 0 aliphatic rings. The van der Waals surface area contributed by atoms with E-state index in [-0.39, 0.29) is 11.1 Å². The van der Waals surface area contributed by atoms with Crippen molar-refractivity contribution in [1.82, 2.24) is 10.3 Å². The molecule has 1 atom stereocenters. The second-order valence-corrected chi connectivity index (χ2v) is 5.83. The maximum absolute atomic E-state index is 13.5. The highest BCUT2D eigenvalue weighted by atomic mass is 35.5. The van der Waals surface area contributed by atoms with E-state index in [0.29, 0.717) is 22.2 Å². The molecule has 6 heteroatoms. The summed E-state index contributed by atoms with van der Waals surface area (Å²) in [5.41, 5.74) is 1.51. The fraction of sp³-hybridized carbons (Fsp3) is 0.267. The van der Waals surface area contributed by atoms with E-state index in [1.54, 1.807) is 24.4 Å². The van der Waals surface area contributed by atoms with E-state index in [4.69, 9.17) is 34.8 Å². The summed E-state index contributed by atoms with van der Waals surface area (Å²) in [6.07, 6.45) is 2.10. The number of halogens is 4. The van der Waals surface area contributed by atoms with Crippen molar-refractivity contribution in [3.05, 3.63) is 62.6 Å². The van der Waals surface area contributed by atoms with Crippen molar-refractivity contribution in [2.45, 2.75) is 19.4 Å². The minimum atomic E-state index is -0.431. The normalized spacial score (nSPS) is 12.4. The van der Waals surface area contributed by atoms with Crippen molar-refractivity contribution in [3.8, 4) is 0 Å². The lowest BCUT2D eigenvalue weighted by Gasteiger charge is -2.19. The third kappa shape index (κ3) is 4.30. The number of hydrogen-bond acceptors (Lipinski definition) is 2. The number of benzene rings is 1. The van der Waals surface area contributed by atoms with Gasteiger partial charge in [-0.05, 0) is 36.7 Å². The SMILES string of the molecule is CCNC(Cc1ccc(Cl)c(F)c1)c1ncc(Cl)cc1Cl. The Bertz CT molecular complexity index is 634. The lowest BCUT2D eigenvalue weighted by Crippen LogP contribution is -2.24. The van der Waals surface area contributed by atoms with E-state index in [1.807, 2.05) is 6.92 Å². The highest BCUT2D eigenvalue weighted by molar-refractivity contribution is 6.34. The Kier molecular flexibility index (Phi) is 5.82. The fourth-order valence-electron chi connectivity index (χ4n) is 2.10. The van der Waals surface area contributed by atoms with Crippen molar-refractivity contribution >= 4 is 34.8 Å². The number of rotatable bonds is 5. The monoisotopic (exact) mass is 346 g/mol. The summed E-state index contributed by atoms with van der Waals surface area (Å²) in [5.74, 6) is -0.431. The molecule has 0 radical (unpaired) electrons.